The number of carboxylic acids is 1. The average Bonchev–Trinajstić information content (AvgIpc) is 3.18. The number of ether oxygens (including phenoxy) is 1. The highest BCUT2D eigenvalue weighted by Gasteiger charge is 2.37. The number of aromatic nitrogens is 2. The van der Waals surface area contributed by atoms with Crippen LogP contribution in [-0.2, 0) is 4.79 Å². The Kier molecular flexibility index (Phi) is 6.45. The Bertz CT molecular complexity index is 880. The monoisotopic (exact) mass is 414 g/mol. The number of hydrogen-bond acceptors (Lipinski definition) is 7. The first-order chi connectivity index (χ1) is 14.2. The molecule has 3 N–H and O–H groups in total. The molecule has 1 aliphatic heterocycles. The number of anilines is 3. The van der Waals surface area contributed by atoms with Crippen LogP contribution in [0.1, 0.15) is 51.5 Å². The van der Waals surface area contributed by atoms with Crippen LogP contribution in [0.4, 0.5) is 17.1 Å². The summed E-state index contributed by atoms with van der Waals surface area (Å²) in [6.45, 7) is 6.42. The van der Waals surface area contributed by atoms with Crippen molar-refractivity contribution in [1.82, 2.24) is 9.97 Å². The van der Waals surface area contributed by atoms with Crippen LogP contribution in [0.15, 0.2) is 30.6 Å². The highest BCUT2D eigenvalue weighted by atomic mass is 16.5. The molecule has 0 bridgehead atoms. The molecular formula is C22H30N4O4. The van der Waals surface area contributed by atoms with E-state index >= 15 is 0 Å². The fourth-order valence-electron chi connectivity index (χ4n) is 4.02. The Labute approximate surface area is 176 Å². The number of aliphatic hydroxyl groups is 1. The molecule has 8 heteroatoms. The molecule has 1 aromatic carbocycles. The van der Waals surface area contributed by atoms with Gasteiger partial charge in [-0.25, -0.2) is 9.97 Å². The Morgan fingerprint density at radius 2 is 2.07 bits per heavy atom. The number of carbonyl (C=O) groups is 1. The molecule has 2 heterocycles. The van der Waals surface area contributed by atoms with E-state index in [-0.39, 0.29) is 24.4 Å². The van der Waals surface area contributed by atoms with Crippen molar-refractivity contribution in [3.05, 3.63) is 36.2 Å². The lowest BCUT2D eigenvalue weighted by Crippen LogP contribution is -2.46. The fraction of sp³-hybridized carbons (Fsp3) is 0.500. The summed E-state index contributed by atoms with van der Waals surface area (Å²) in [5, 5.41) is 23.2. The zero-order chi connectivity index (χ0) is 21.9. The molecule has 0 aliphatic carbocycles. The standard InChI is InChI=1S/C22H30N4O4/c1-14(10-20(27)28)15-7-8-18(26-9-5-6-19(26)22(2,3)29)17(11-15)25-16-12-23-21(30-4)24-13-16/h7-8,11-14,19,25,29H,5-6,9-10H2,1-4H3,(H,27,28). The third-order valence-electron chi connectivity index (χ3n) is 5.54. The van der Waals surface area contributed by atoms with Crippen molar-refractivity contribution in [3.63, 3.8) is 0 Å². The van der Waals surface area contributed by atoms with Crippen LogP contribution in [0.3, 0.4) is 0 Å². The van der Waals surface area contributed by atoms with Crippen LogP contribution < -0.4 is 15.0 Å². The van der Waals surface area contributed by atoms with Gasteiger partial charge in [0, 0.05) is 6.54 Å². The number of rotatable bonds is 8. The maximum Gasteiger partial charge on any atom is 0.316 e. The van der Waals surface area contributed by atoms with E-state index < -0.39 is 11.6 Å². The summed E-state index contributed by atoms with van der Waals surface area (Å²) < 4.78 is 5.02. The van der Waals surface area contributed by atoms with Crippen molar-refractivity contribution in [2.75, 3.05) is 23.9 Å². The number of benzene rings is 1. The lowest BCUT2D eigenvalue weighted by molar-refractivity contribution is -0.137. The van der Waals surface area contributed by atoms with E-state index in [9.17, 15) is 15.0 Å². The maximum atomic E-state index is 11.2. The molecule has 0 radical (unpaired) electrons. The van der Waals surface area contributed by atoms with Crippen molar-refractivity contribution < 1.29 is 19.7 Å². The molecule has 8 nitrogen and oxygen atoms in total. The molecule has 0 spiro atoms. The maximum absolute atomic E-state index is 11.2. The average molecular weight is 415 g/mol. The van der Waals surface area contributed by atoms with Gasteiger partial charge in [0.2, 0.25) is 0 Å². The van der Waals surface area contributed by atoms with Crippen LogP contribution in [0, 0.1) is 0 Å². The molecular weight excluding hydrogens is 384 g/mol. The van der Waals surface area contributed by atoms with Crippen LogP contribution in [0.25, 0.3) is 0 Å². The smallest absolute Gasteiger partial charge is 0.316 e. The first-order valence-electron chi connectivity index (χ1n) is 10.2. The van der Waals surface area contributed by atoms with Gasteiger partial charge in [0.1, 0.15) is 0 Å². The molecule has 30 heavy (non-hydrogen) atoms. The predicted molar refractivity (Wildman–Crippen MR) is 116 cm³/mol. The highest BCUT2D eigenvalue weighted by Crippen LogP contribution is 2.39. The van der Waals surface area contributed by atoms with E-state index in [0.29, 0.717) is 5.69 Å². The number of methoxy groups -OCH3 is 1. The van der Waals surface area contributed by atoms with Crippen LogP contribution >= 0.6 is 0 Å². The van der Waals surface area contributed by atoms with Gasteiger partial charge < -0.3 is 25.2 Å². The summed E-state index contributed by atoms with van der Waals surface area (Å²) in [6.07, 6.45) is 5.24. The molecule has 0 saturated carbocycles. The van der Waals surface area contributed by atoms with Gasteiger partial charge in [-0.3, -0.25) is 4.79 Å². The first kappa shape index (κ1) is 21.8. The third kappa shape index (κ3) is 4.99. The van der Waals surface area contributed by atoms with E-state index in [0.717, 1.165) is 36.3 Å². The third-order valence-corrected chi connectivity index (χ3v) is 5.54. The first-order valence-corrected chi connectivity index (χ1v) is 10.2. The van der Waals surface area contributed by atoms with Gasteiger partial charge in [-0.15, -0.1) is 0 Å². The van der Waals surface area contributed by atoms with Crippen LogP contribution in [-0.4, -0.2) is 51.4 Å². The van der Waals surface area contributed by atoms with Gasteiger partial charge in [-0.2, -0.15) is 0 Å². The topological polar surface area (TPSA) is 108 Å². The Morgan fingerprint density at radius 3 is 2.67 bits per heavy atom. The van der Waals surface area contributed by atoms with Gasteiger partial charge >= 0.3 is 12.0 Å². The zero-order valence-corrected chi connectivity index (χ0v) is 17.9. The van der Waals surface area contributed by atoms with Gasteiger partial charge in [0.15, 0.2) is 0 Å². The summed E-state index contributed by atoms with van der Waals surface area (Å²) in [4.78, 5) is 21.7. The number of carboxylic acid groups (broad SMARTS) is 1. The Hall–Kier alpha value is -2.87. The summed E-state index contributed by atoms with van der Waals surface area (Å²) in [5.74, 6) is -0.959. The minimum Gasteiger partial charge on any atom is -0.481 e. The largest absolute Gasteiger partial charge is 0.481 e. The Balaban J connectivity index is 1.98. The summed E-state index contributed by atoms with van der Waals surface area (Å²) >= 11 is 0. The minimum atomic E-state index is -0.841. The van der Waals surface area contributed by atoms with E-state index in [1.165, 1.54) is 7.11 Å². The molecule has 2 unspecified atom stereocenters. The molecule has 2 atom stereocenters. The van der Waals surface area contributed by atoms with Gasteiger partial charge in [-0.05, 0) is 50.3 Å². The molecule has 162 valence electrons. The predicted octanol–water partition coefficient (Wildman–Crippen LogP) is 3.55. The minimum absolute atomic E-state index is 0.00698. The van der Waals surface area contributed by atoms with Gasteiger partial charge in [-0.1, -0.05) is 13.0 Å². The lowest BCUT2D eigenvalue weighted by atomic mass is 9.94. The van der Waals surface area contributed by atoms with Crippen molar-refractivity contribution >= 4 is 23.0 Å². The van der Waals surface area contributed by atoms with E-state index in [2.05, 4.69) is 20.2 Å². The molecule has 1 aliphatic rings. The molecule has 0 amide bonds. The molecule has 1 fully saturated rings. The van der Waals surface area contributed by atoms with Gasteiger partial charge in [0.05, 0.1) is 54.6 Å². The second kappa shape index (κ2) is 8.87. The molecule has 1 saturated heterocycles. The van der Waals surface area contributed by atoms with Crippen molar-refractivity contribution in [3.8, 4) is 6.01 Å². The number of nitrogens with one attached hydrogen (secondary N) is 1. The molecule has 1 aromatic heterocycles. The van der Waals surface area contributed by atoms with Crippen molar-refractivity contribution in [2.45, 2.75) is 57.6 Å². The molecule has 3 rings (SSSR count). The SMILES string of the molecule is COc1ncc(Nc2cc(C(C)CC(=O)O)ccc2N2CCCC2C(C)(C)O)cn1. The number of aliphatic carboxylic acids is 1. The summed E-state index contributed by atoms with van der Waals surface area (Å²) in [6, 6.07) is 6.23. The Morgan fingerprint density at radius 1 is 1.37 bits per heavy atom. The van der Waals surface area contributed by atoms with E-state index in [4.69, 9.17) is 4.74 Å². The zero-order valence-electron chi connectivity index (χ0n) is 17.9. The second-order valence-electron chi connectivity index (χ2n) is 8.36. The fourth-order valence-corrected chi connectivity index (χ4v) is 4.02. The number of hydrogen-bond donors (Lipinski definition) is 3. The van der Waals surface area contributed by atoms with Crippen LogP contribution in [0.5, 0.6) is 6.01 Å². The normalized spacial score (nSPS) is 17.6. The summed E-state index contributed by atoms with van der Waals surface area (Å²) in [5.41, 5.74) is 2.57. The second-order valence-corrected chi connectivity index (χ2v) is 8.36. The van der Waals surface area contributed by atoms with Crippen LogP contribution in [0.2, 0.25) is 0 Å². The molecule has 2 aromatic rings. The quantitative estimate of drug-likeness (QED) is 0.602. The number of nitrogens with zero attached hydrogens (tertiary/aromatic N) is 3. The van der Waals surface area contributed by atoms with E-state index in [1.807, 2.05) is 39.0 Å². The van der Waals surface area contributed by atoms with Crippen molar-refractivity contribution in [1.29, 1.82) is 0 Å². The lowest BCUT2D eigenvalue weighted by Gasteiger charge is -2.36. The summed E-state index contributed by atoms with van der Waals surface area (Å²) in [7, 11) is 1.51. The van der Waals surface area contributed by atoms with Gasteiger partial charge in [0.25, 0.3) is 0 Å². The van der Waals surface area contributed by atoms with E-state index in [1.54, 1.807) is 12.4 Å². The van der Waals surface area contributed by atoms with Crippen molar-refractivity contribution in [2.24, 2.45) is 0 Å². The highest BCUT2D eigenvalue weighted by molar-refractivity contribution is 5.77.